The quantitative estimate of drug-likeness (QED) is 0.872. The second kappa shape index (κ2) is 8.07. The Morgan fingerprint density at radius 2 is 1.81 bits per heavy atom. The van der Waals surface area contributed by atoms with Crippen LogP contribution in [0, 0.1) is 12.7 Å². The molecular weight excluding hydrogens is 349 g/mol. The fraction of sp³-hybridized carbons (Fsp3) is 0.300. The summed E-state index contributed by atoms with van der Waals surface area (Å²) in [5.74, 6) is -0.740. The fourth-order valence-electron chi connectivity index (χ4n) is 3.09. The van der Waals surface area contributed by atoms with E-state index in [4.69, 9.17) is 10.5 Å². The smallest absolute Gasteiger partial charge is 0.260 e. The number of carbonyl (C=O) groups excluding carboxylic acids is 2. The van der Waals surface area contributed by atoms with E-state index >= 15 is 0 Å². The van der Waals surface area contributed by atoms with E-state index in [0.29, 0.717) is 37.6 Å². The molecule has 1 fully saturated rings. The van der Waals surface area contributed by atoms with Crippen LogP contribution < -0.4 is 15.4 Å². The van der Waals surface area contributed by atoms with Crippen LogP contribution in [0.4, 0.5) is 10.1 Å². The van der Waals surface area contributed by atoms with Gasteiger partial charge in [0.1, 0.15) is 11.6 Å². The maximum atomic E-state index is 13.9. The fourth-order valence-corrected chi connectivity index (χ4v) is 3.09. The van der Waals surface area contributed by atoms with Crippen molar-refractivity contribution in [2.45, 2.75) is 6.92 Å². The molecule has 0 bridgehead atoms. The molecule has 1 aliphatic rings. The maximum Gasteiger partial charge on any atom is 0.260 e. The maximum absolute atomic E-state index is 13.9. The van der Waals surface area contributed by atoms with Crippen LogP contribution in [0.3, 0.4) is 0 Å². The number of aryl methyl sites for hydroxylation is 1. The Hall–Kier alpha value is -3.09. The molecule has 7 heteroatoms. The normalized spacial score (nSPS) is 14.1. The summed E-state index contributed by atoms with van der Waals surface area (Å²) in [6.07, 6.45) is 0. The zero-order valence-corrected chi connectivity index (χ0v) is 15.2. The van der Waals surface area contributed by atoms with Gasteiger partial charge in [-0.15, -0.1) is 0 Å². The first-order valence-electron chi connectivity index (χ1n) is 8.76. The minimum Gasteiger partial charge on any atom is -0.483 e. The molecule has 1 saturated heterocycles. The highest BCUT2D eigenvalue weighted by Gasteiger charge is 2.23. The van der Waals surface area contributed by atoms with Crippen molar-refractivity contribution in [2.75, 3.05) is 37.7 Å². The van der Waals surface area contributed by atoms with Gasteiger partial charge < -0.3 is 20.3 Å². The molecule has 142 valence electrons. The van der Waals surface area contributed by atoms with Gasteiger partial charge in [-0.2, -0.15) is 0 Å². The molecular formula is C20H22FN3O3. The van der Waals surface area contributed by atoms with E-state index in [9.17, 15) is 14.0 Å². The van der Waals surface area contributed by atoms with Gasteiger partial charge in [0.05, 0.1) is 11.3 Å². The van der Waals surface area contributed by atoms with Crippen LogP contribution in [0.2, 0.25) is 0 Å². The Labute approximate surface area is 157 Å². The van der Waals surface area contributed by atoms with Crippen molar-refractivity contribution >= 4 is 17.5 Å². The number of rotatable bonds is 5. The number of piperazine rings is 1. The summed E-state index contributed by atoms with van der Waals surface area (Å²) >= 11 is 0. The number of primary amides is 1. The second-order valence-electron chi connectivity index (χ2n) is 6.47. The number of anilines is 1. The Kier molecular flexibility index (Phi) is 5.59. The molecule has 6 nitrogen and oxygen atoms in total. The van der Waals surface area contributed by atoms with Crippen LogP contribution in [-0.4, -0.2) is 49.5 Å². The van der Waals surface area contributed by atoms with Crippen LogP contribution in [0.15, 0.2) is 42.5 Å². The molecule has 0 aromatic heterocycles. The largest absolute Gasteiger partial charge is 0.483 e. The molecule has 27 heavy (non-hydrogen) atoms. The lowest BCUT2D eigenvalue weighted by Gasteiger charge is -2.36. The number of hydrogen-bond donors (Lipinski definition) is 1. The lowest BCUT2D eigenvalue weighted by atomic mass is 10.1. The molecule has 0 saturated carbocycles. The highest BCUT2D eigenvalue weighted by atomic mass is 19.1. The summed E-state index contributed by atoms with van der Waals surface area (Å²) in [5.41, 5.74) is 7.05. The number of carbonyl (C=O) groups is 2. The standard InChI is InChI=1S/C20H22FN3O3/c1-14-6-7-15(20(22)26)18(12-14)27-13-19(25)24-10-8-23(9-11-24)17-5-3-2-4-16(17)21/h2-7,12H,8-11,13H2,1H3,(H2,22,26). The minimum absolute atomic E-state index is 0.177. The van der Waals surface area contributed by atoms with E-state index in [-0.39, 0.29) is 23.9 Å². The Balaban J connectivity index is 1.57. The van der Waals surface area contributed by atoms with Gasteiger partial charge in [0.2, 0.25) is 0 Å². The molecule has 0 radical (unpaired) electrons. The molecule has 2 aromatic carbocycles. The number of hydrogen-bond acceptors (Lipinski definition) is 4. The first-order valence-corrected chi connectivity index (χ1v) is 8.76. The zero-order valence-electron chi connectivity index (χ0n) is 15.2. The number of amides is 2. The van der Waals surface area contributed by atoms with E-state index < -0.39 is 5.91 Å². The Morgan fingerprint density at radius 3 is 2.48 bits per heavy atom. The molecule has 1 heterocycles. The third-order valence-electron chi connectivity index (χ3n) is 4.58. The molecule has 3 rings (SSSR count). The van der Waals surface area contributed by atoms with Crippen molar-refractivity contribution < 1.29 is 18.7 Å². The third-order valence-corrected chi connectivity index (χ3v) is 4.58. The first kappa shape index (κ1) is 18.7. The summed E-state index contributed by atoms with van der Waals surface area (Å²) < 4.78 is 19.5. The van der Waals surface area contributed by atoms with Gasteiger partial charge in [-0.05, 0) is 36.8 Å². The molecule has 1 aliphatic heterocycles. The van der Waals surface area contributed by atoms with Gasteiger partial charge in [0.25, 0.3) is 11.8 Å². The Morgan fingerprint density at radius 1 is 1.11 bits per heavy atom. The van der Waals surface area contributed by atoms with Crippen molar-refractivity contribution in [3.63, 3.8) is 0 Å². The van der Waals surface area contributed by atoms with Crippen LogP contribution in [0.25, 0.3) is 0 Å². The van der Waals surface area contributed by atoms with E-state index in [0.717, 1.165) is 5.56 Å². The van der Waals surface area contributed by atoms with Crippen molar-refractivity contribution in [1.29, 1.82) is 0 Å². The molecule has 0 atom stereocenters. The van der Waals surface area contributed by atoms with Gasteiger partial charge in [0, 0.05) is 26.2 Å². The van der Waals surface area contributed by atoms with E-state index in [1.165, 1.54) is 6.07 Å². The SMILES string of the molecule is Cc1ccc(C(N)=O)c(OCC(=O)N2CCN(c3ccccc3F)CC2)c1. The van der Waals surface area contributed by atoms with Gasteiger partial charge in [-0.1, -0.05) is 18.2 Å². The van der Waals surface area contributed by atoms with Crippen molar-refractivity contribution in [3.05, 3.63) is 59.4 Å². The Bertz CT molecular complexity index is 848. The highest BCUT2D eigenvalue weighted by molar-refractivity contribution is 5.95. The summed E-state index contributed by atoms with van der Waals surface area (Å²) in [5, 5.41) is 0. The summed E-state index contributed by atoms with van der Waals surface area (Å²) in [6.45, 7) is 3.73. The summed E-state index contributed by atoms with van der Waals surface area (Å²) in [7, 11) is 0. The lowest BCUT2D eigenvalue weighted by molar-refractivity contribution is -0.133. The average molecular weight is 371 g/mol. The monoisotopic (exact) mass is 371 g/mol. The van der Waals surface area contributed by atoms with E-state index in [1.807, 2.05) is 11.8 Å². The summed E-state index contributed by atoms with van der Waals surface area (Å²) in [6, 6.07) is 11.6. The van der Waals surface area contributed by atoms with Crippen LogP contribution in [0.5, 0.6) is 5.75 Å². The highest BCUT2D eigenvalue weighted by Crippen LogP contribution is 2.21. The third kappa shape index (κ3) is 4.36. The zero-order chi connectivity index (χ0) is 19.4. The predicted molar refractivity (Wildman–Crippen MR) is 100 cm³/mol. The van der Waals surface area contributed by atoms with Gasteiger partial charge in [-0.3, -0.25) is 9.59 Å². The lowest BCUT2D eigenvalue weighted by Crippen LogP contribution is -2.50. The van der Waals surface area contributed by atoms with Gasteiger partial charge >= 0.3 is 0 Å². The number of halogens is 1. The number of nitrogens with two attached hydrogens (primary N) is 1. The number of ether oxygens (including phenoxy) is 1. The average Bonchev–Trinajstić information content (AvgIpc) is 2.66. The van der Waals surface area contributed by atoms with Crippen LogP contribution in [0.1, 0.15) is 15.9 Å². The molecule has 0 unspecified atom stereocenters. The van der Waals surface area contributed by atoms with E-state index in [1.54, 1.807) is 41.3 Å². The predicted octanol–water partition coefficient (Wildman–Crippen LogP) is 1.96. The molecule has 0 spiro atoms. The topological polar surface area (TPSA) is 75.9 Å². The molecule has 2 amide bonds. The van der Waals surface area contributed by atoms with Crippen molar-refractivity contribution in [3.8, 4) is 5.75 Å². The first-order chi connectivity index (χ1) is 13.0. The van der Waals surface area contributed by atoms with Gasteiger partial charge in [0.15, 0.2) is 6.61 Å². The molecule has 0 aliphatic carbocycles. The van der Waals surface area contributed by atoms with Crippen molar-refractivity contribution in [1.82, 2.24) is 4.90 Å². The molecule has 2 N–H and O–H groups in total. The van der Waals surface area contributed by atoms with E-state index in [2.05, 4.69) is 0 Å². The van der Waals surface area contributed by atoms with Crippen molar-refractivity contribution in [2.24, 2.45) is 5.73 Å². The number of para-hydroxylation sites is 1. The minimum atomic E-state index is -0.601. The molecule has 2 aromatic rings. The second-order valence-corrected chi connectivity index (χ2v) is 6.47. The van der Waals surface area contributed by atoms with Crippen LogP contribution in [-0.2, 0) is 4.79 Å². The van der Waals surface area contributed by atoms with Gasteiger partial charge in [-0.25, -0.2) is 4.39 Å². The summed E-state index contributed by atoms with van der Waals surface area (Å²) in [4.78, 5) is 27.5. The number of benzene rings is 2. The number of nitrogens with zero attached hydrogens (tertiary/aromatic N) is 2. The van der Waals surface area contributed by atoms with Crippen LogP contribution >= 0.6 is 0 Å².